The van der Waals surface area contributed by atoms with Crippen molar-refractivity contribution in [2.75, 3.05) is 11.9 Å². The number of carbonyl (C=O) groups is 1. The molecule has 2 aliphatic rings. The number of rotatable bonds is 4. The Morgan fingerprint density at radius 2 is 1.97 bits per heavy atom. The van der Waals surface area contributed by atoms with Crippen LogP contribution in [0.4, 0.5) is 11.4 Å². The molecular weight excluding hydrogens is 364 g/mol. The Morgan fingerprint density at radius 3 is 2.76 bits per heavy atom. The highest BCUT2D eigenvalue weighted by Crippen LogP contribution is 2.44. The zero-order valence-electron chi connectivity index (χ0n) is 15.9. The third-order valence-electron chi connectivity index (χ3n) is 5.64. The van der Waals surface area contributed by atoms with Crippen molar-refractivity contribution in [2.24, 2.45) is 5.92 Å². The van der Waals surface area contributed by atoms with Gasteiger partial charge in [0.15, 0.2) is 11.9 Å². The molecule has 7 heteroatoms. The van der Waals surface area contributed by atoms with Crippen LogP contribution in [0.2, 0.25) is 0 Å². The molecule has 3 heterocycles. The first-order chi connectivity index (χ1) is 14.2. The maximum atomic E-state index is 12.9. The number of carbonyl (C=O) groups excluding carboxylic acids is 1. The van der Waals surface area contributed by atoms with Gasteiger partial charge in [0.25, 0.3) is 5.91 Å². The van der Waals surface area contributed by atoms with Gasteiger partial charge in [0, 0.05) is 23.5 Å². The summed E-state index contributed by atoms with van der Waals surface area (Å²) in [6.45, 7) is 2.78. The summed E-state index contributed by atoms with van der Waals surface area (Å²) in [6, 6.07) is 19.7. The molecule has 0 spiro atoms. The molecule has 2 fully saturated rings. The first-order valence-corrected chi connectivity index (χ1v) is 9.63. The van der Waals surface area contributed by atoms with Crippen LogP contribution in [0.5, 0.6) is 0 Å². The molecule has 2 saturated heterocycles. The monoisotopic (exact) mass is 384 g/mol. The fourth-order valence-corrected chi connectivity index (χ4v) is 4.23. The predicted molar refractivity (Wildman–Crippen MR) is 109 cm³/mol. The highest BCUT2D eigenvalue weighted by Gasteiger charge is 2.62. The summed E-state index contributed by atoms with van der Waals surface area (Å²) >= 11 is 0. The first kappa shape index (κ1) is 17.3. The van der Waals surface area contributed by atoms with Crippen LogP contribution in [0.15, 0.2) is 60.7 Å². The van der Waals surface area contributed by atoms with Gasteiger partial charge in [-0.05, 0) is 30.2 Å². The minimum Gasteiger partial charge on any atom is -0.355 e. The lowest BCUT2D eigenvalue weighted by molar-refractivity contribution is 0.0810. The van der Waals surface area contributed by atoms with Gasteiger partial charge < -0.3 is 10.2 Å². The van der Waals surface area contributed by atoms with Gasteiger partial charge in [0.1, 0.15) is 6.17 Å². The van der Waals surface area contributed by atoms with Crippen LogP contribution in [0, 0.1) is 17.4 Å². The second-order valence-corrected chi connectivity index (χ2v) is 7.55. The third-order valence-corrected chi connectivity index (χ3v) is 5.64. The van der Waals surface area contributed by atoms with Gasteiger partial charge in [0.05, 0.1) is 11.7 Å². The van der Waals surface area contributed by atoms with E-state index in [4.69, 9.17) is 0 Å². The number of nitriles is 1. The number of para-hydroxylation sites is 2. The molecule has 0 radical (unpaired) electrons. The van der Waals surface area contributed by atoms with Crippen LogP contribution >= 0.6 is 0 Å². The summed E-state index contributed by atoms with van der Waals surface area (Å²) in [5.41, 5.74) is 3.98. The van der Waals surface area contributed by atoms with Gasteiger partial charge in [-0.1, -0.05) is 43.3 Å². The minimum absolute atomic E-state index is 0.106. The zero-order valence-corrected chi connectivity index (χ0v) is 15.9. The van der Waals surface area contributed by atoms with E-state index in [9.17, 15) is 10.1 Å². The van der Waals surface area contributed by atoms with Gasteiger partial charge in [-0.15, -0.1) is 0 Å². The van der Waals surface area contributed by atoms with Gasteiger partial charge >= 0.3 is 0 Å². The molecule has 2 N–H and O–H groups in total. The smallest absolute Gasteiger partial charge is 0.276 e. The molecule has 3 atom stereocenters. The molecule has 2 aromatic carbocycles. The van der Waals surface area contributed by atoms with Gasteiger partial charge in [-0.2, -0.15) is 10.4 Å². The van der Waals surface area contributed by atoms with Crippen molar-refractivity contribution in [1.82, 2.24) is 20.0 Å². The zero-order chi connectivity index (χ0) is 20.0. The lowest BCUT2D eigenvalue weighted by Crippen LogP contribution is -2.30. The maximum absolute atomic E-state index is 12.9. The normalized spacial score (nSPS) is 22.1. The molecule has 2 unspecified atom stereocenters. The van der Waals surface area contributed by atoms with Crippen LogP contribution in [-0.4, -0.2) is 44.7 Å². The van der Waals surface area contributed by atoms with E-state index < -0.39 is 0 Å². The van der Waals surface area contributed by atoms with Crippen molar-refractivity contribution in [3.63, 3.8) is 0 Å². The number of fused-ring (bicyclic) bond motifs is 1. The molecule has 1 amide bonds. The molecule has 144 valence electrons. The van der Waals surface area contributed by atoms with Crippen LogP contribution in [0.25, 0.3) is 11.3 Å². The van der Waals surface area contributed by atoms with E-state index in [-0.39, 0.29) is 24.0 Å². The van der Waals surface area contributed by atoms with E-state index in [1.54, 1.807) is 15.9 Å². The number of nitrogens with one attached hydrogen (secondary N) is 2. The van der Waals surface area contributed by atoms with E-state index in [2.05, 4.69) is 28.6 Å². The number of benzene rings is 2. The lowest BCUT2D eigenvalue weighted by atomic mass is 10.1. The summed E-state index contributed by atoms with van der Waals surface area (Å²) in [7, 11) is 0. The third kappa shape index (κ3) is 2.90. The maximum Gasteiger partial charge on any atom is 0.276 e. The van der Waals surface area contributed by atoms with Crippen molar-refractivity contribution >= 4 is 17.3 Å². The number of amides is 1. The molecule has 0 bridgehead atoms. The van der Waals surface area contributed by atoms with Crippen LogP contribution in [0.1, 0.15) is 17.4 Å². The molecular formula is C22H20N6O. The second kappa shape index (κ2) is 6.67. The summed E-state index contributed by atoms with van der Waals surface area (Å²) in [5.74, 6) is 0.153. The SMILES string of the molecule is CC1CN(C#N)C2[C@@H]1N2C(=O)c1cc(-c2ccccc2Nc2ccccc2)[nH]n1. The molecule has 1 aromatic heterocycles. The van der Waals surface area contributed by atoms with Gasteiger partial charge in [-0.3, -0.25) is 14.8 Å². The Morgan fingerprint density at radius 1 is 1.21 bits per heavy atom. The topological polar surface area (TPSA) is 87.8 Å². The molecule has 2 aliphatic heterocycles. The number of aromatic nitrogens is 2. The van der Waals surface area contributed by atoms with E-state index in [1.165, 1.54) is 0 Å². The molecule has 29 heavy (non-hydrogen) atoms. The van der Waals surface area contributed by atoms with Crippen molar-refractivity contribution in [2.45, 2.75) is 19.1 Å². The van der Waals surface area contributed by atoms with Crippen LogP contribution in [-0.2, 0) is 0 Å². The quantitative estimate of drug-likeness (QED) is 0.532. The number of H-pyrrole nitrogens is 1. The highest BCUT2D eigenvalue weighted by molar-refractivity contribution is 5.96. The Bertz CT molecular complexity index is 1100. The summed E-state index contributed by atoms with van der Waals surface area (Å²) < 4.78 is 0. The minimum atomic E-state index is -0.136. The molecule has 0 saturated carbocycles. The van der Waals surface area contributed by atoms with E-state index in [0.29, 0.717) is 12.2 Å². The number of anilines is 2. The number of hydrogen-bond acceptors (Lipinski definition) is 5. The Labute approximate surface area is 168 Å². The van der Waals surface area contributed by atoms with E-state index in [0.717, 1.165) is 22.6 Å². The average Bonchev–Trinajstić information content (AvgIpc) is 3.12. The predicted octanol–water partition coefficient (Wildman–Crippen LogP) is 3.40. The Balaban J connectivity index is 1.39. The Kier molecular flexibility index (Phi) is 3.98. The largest absolute Gasteiger partial charge is 0.355 e. The number of hydrogen-bond donors (Lipinski definition) is 2. The summed E-state index contributed by atoms with van der Waals surface area (Å²) in [6.07, 6.45) is 2.07. The van der Waals surface area contributed by atoms with Crippen molar-refractivity contribution < 1.29 is 4.79 Å². The lowest BCUT2D eigenvalue weighted by Gasteiger charge is -2.16. The summed E-state index contributed by atoms with van der Waals surface area (Å²) in [5, 5.41) is 19.9. The first-order valence-electron chi connectivity index (χ1n) is 9.63. The van der Waals surface area contributed by atoms with E-state index >= 15 is 0 Å². The standard InChI is InChI=1S/C22H20N6O/c1-14-12-27(13-23)21-20(14)28(21)22(29)19-11-18(25-26-19)16-9-5-6-10-17(16)24-15-7-3-2-4-8-15/h2-11,14,20-21,24H,12H2,1H3,(H,25,26)/t14?,20-,21?,28?/m1/s1. The van der Waals surface area contributed by atoms with Gasteiger partial charge in [0.2, 0.25) is 0 Å². The number of aromatic amines is 1. The van der Waals surface area contributed by atoms with Gasteiger partial charge in [-0.25, -0.2) is 0 Å². The van der Waals surface area contributed by atoms with E-state index in [1.807, 2.05) is 54.6 Å². The number of likely N-dealkylation sites (tertiary alicyclic amines) is 1. The van der Waals surface area contributed by atoms with Crippen molar-refractivity contribution in [3.8, 4) is 17.5 Å². The van der Waals surface area contributed by atoms with Crippen molar-refractivity contribution in [3.05, 3.63) is 66.4 Å². The average molecular weight is 384 g/mol. The summed E-state index contributed by atoms with van der Waals surface area (Å²) in [4.78, 5) is 16.4. The van der Waals surface area contributed by atoms with Crippen LogP contribution in [0.3, 0.4) is 0 Å². The highest BCUT2D eigenvalue weighted by atomic mass is 16.2. The molecule has 7 nitrogen and oxygen atoms in total. The molecule has 5 rings (SSSR count). The second-order valence-electron chi connectivity index (χ2n) is 7.55. The fraction of sp³-hybridized carbons (Fsp3) is 0.227. The molecule has 0 aliphatic carbocycles. The fourth-order valence-electron chi connectivity index (χ4n) is 4.23. The number of nitrogens with zero attached hydrogens (tertiary/aromatic N) is 4. The molecule has 3 aromatic rings. The van der Waals surface area contributed by atoms with Crippen molar-refractivity contribution in [1.29, 1.82) is 5.26 Å². The Hall–Kier alpha value is -3.79. The van der Waals surface area contributed by atoms with Crippen LogP contribution < -0.4 is 5.32 Å².